The van der Waals surface area contributed by atoms with Gasteiger partial charge in [-0.05, 0) is 40.8 Å². The van der Waals surface area contributed by atoms with Crippen LogP contribution in [0.2, 0.25) is 5.02 Å². The fourth-order valence-corrected chi connectivity index (χ4v) is 4.04. The van der Waals surface area contributed by atoms with E-state index in [0.717, 1.165) is 9.13 Å². The summed E-state index contributed by atoms with van der Waals surface area (Å²) in [6, 6.07) is 12.7. The van der Waals surface area contributed by atoms with Gasteiger partial charge < -0.3 is 23.7 Å². The Balaban J connectivity index is 2.00. The lowest BCUT2D eigenvalue weighted by Crippen LogP contribution is -2.07. The summed E-state index contributed by atoms with van der Waals surface area (Å²) in [4.78, 5) is 12.2. The summed E-state index contributed by atoms with van der Waals surface area (Å²) in [5, 5.41) is 1.71. The maximum Gasteiger partial charge on any atom is 0.385 e. The average Bonchev–Trinajstić information content (AvgIpc) is 2.81. The normalized spacial score (nSPS) is 10.3. The minimum absolute atomic E-state index is 0.00600. The lowest BCUT2D eigenvalue weighted by molar-refractivity contribution is -0.137. The van der Waals surface area contributed by atoms with Gasteiger partial charge in [0.1, 0.15) is 23.9 Å². The summed E-state index contributed by atoms with van der Waals surface area (Å²) in [5.74, 6) is 6.11. The van der Waals surface area contributed by atoms with E-state index in [-0.39, 0.29) is 13.4 Å². The third-order valence-corrected chi connectivity index (χ3v) is 5.91. The molecule has 3 aromatic rings. The van der Waals surface area contributed by atoms with Gasteiger partial charge in [-0.2, -0.15) is 0 Å². The van der Waals surface area contributed by atoms with Crippen LogP contribution in [0.25, 0.3) is 10.8 Å². The van der Waals surface area contributed by atoms with Crippen LogP contribution in [0, 0.1) is 15.4 Å². The van der Waals surface area contributed by atoms with Crippen molar-refractivity contribution in [1.29, 1.82) is 0 Å². The van der Waals surface area contributed by atoms with Crippen molar-refractivity contribution in [3.8, 4) is 29.1 Å². The standard InChI is InChI=1S/C24H20ClIO6/c1-28-14-32-24-21-17(19(29-2)12-18(25)23(21)30-3)11-16(22(24)26)13-31-20(27)10-9-15-7-5-4-6-8-15/h4-8,11-12H,13-14H2,1-3H3. The third-order valence-electron chi connectivity index (χ3n) is 4.45. The Morgan fingerprint density at radius 3 is 2.47 bits per heavy atom. The highest BCUT2D eigenvalue weighted by Crippen LogP contribution is 2.47. The first-order valence-electron chi connectivity index (χ1n) is 9.41. The third kappa shape index (κ3) is 5.38. The largest absolute Gasteiger partial charge is 0.496 e. The van der Waals surface area contributed by atoms with E-state index in [2.05, 4.69) is 34.4 Å². The number of fused-ring (bicyclic) bond motifs is 1. The summed E-state index contributed by atoms with van der Waals surface area (Å²) >= 11 is 8.52. The molecule has 0 aliphatic carbocycles. The molecule has 3 aromatic carbocycles. The molecule has 0 aromatic heterocycles. The molecular weight excluding hydrogens is 547 g/mol. The first kappa shape index (κ1) is 24.0. The zero-order valence-corrected chi connectivity index (χ0v) is 20.6. The number of benzene rings is 3. The van der Waals surface area contributed by atoms with E-state index in [0.29, 0.717) is 38.6 Å². The second kappa shape index (κ2) is 11.3. The number of rotatable bonds is 7. The van der Waals surface area contributed by atoms with Gasteiger partial charge in [-0.15, -0.1) is 0 Å². The number of carbonyl (C=O) groups is 1. The van der Waals surface area contributed by atoms with Crippen molar-refractivity contribution >= 4 is 50.9 Å². The van der Waals surface area contributed by atoms with Crippen LogP contribution in [0.15, 0.2) is 42.5 Å². The fourth-order valence-electron chi connectivity index (χ4n) is 3.04. The summed E-state index contributed by atoms with van der Waals surface area (Å²) in [6.07, 6.45) is 0. The number of esters is 1. The Labute approximate surface area is 204 Å². The van der Waals surface area contributed by atoms with Gasteiger partial charge in [-0.25, -0.2) is 4.79 Å². The van der Waals surface area contributed by atoms with Crippen LogP contribution >= 0.6 is 34.2 Å². The van der Waals surface area contributed by atoms with Gasteiger partial charge in [-0.1, -0.05) is 35.7 Å². The van der Waals surface area contributed by atoms with E-state index in [1.165, 1.54) is 14.2 Å². The van der Waals surface area contributed by atoms with Crippen molar-refractivity contribution in [1.82, 2.24) is 0 Å². The molecule has 0 atom stereocenters. The van der Waals surface area contributed by atoms with Crippen LogP contribution in [0.4, 0.5) is 0 Å². The molecule has 6 nitrogen and oxygen atoms in total. The molecule has 0 saturated heterocycles. The molecule has 0 spiro atoms. The molecule has 0 bridgehead atoms. The molecular formula is C24H20ClIO6. The Kier molecular flexibility index (Phi) is 8.45. The highest BCUT2D eigenvalue weighted by atomic mass is 127. The van der Waals surface area contributed by atoms with Crippen molar-refractivity contribution in [2.75, 3.05) is 28.1 Å². The molecule has 0 aliphatic rings. The molecule has 0 saturated carbocycles. The molecule has 0 N–H and O–H groups in total. The molecule has 0 aliphatic heterocycles. The monoisotopic (exact) mass is 566 g/mol. The summed E-state index contributed by atoms with van der Waals surface area (Å²) < 4.78 is 28.1. The Bertz CT molecular complexity index is 1180. The van der Waals surface area contributed by atoms with Crippen molar-refractivity contribution in [2.45, 2.75) is 6.61 Å². The zero-order valence-electron chi connectivity index (χ0n) is 17.7. The average molecular weight is 567 g/mol. The minimum Gasteiger partial charge on any atom is -0.496 e. The second-order valence-corrected chi connectivity index (χ2v) is 7.92. The van der Waals surface area contributed by atoms with Crippen LogP contribution in [-0.4, -0.2) is 34.1 Å². The molecule has 0 fully saturated rings. The number of halogens is 2. The number of methoxy groups -OCH3 is 3. The van der Waals surface area contributed by atoms with Crippen LogP contribution in [0.3, 0.4) is 0 Å². The topological polar surface area (TPSA) is 63.2 Å². The van der Waals surface area contributed by atoms with E-state index < -0.39 is 5.97 Å². The first-order chi connectivity index (χ1) is 15.5. The summed E-state index contributed by atoms with van der Waals surface area (Å²) in [5.41, 5.74) is 1.44. The van der Waals surface area contributed by atoms with E-state index in [1.807, 2.05) is 36.4 Å². The van der Waals surface area contributed by atoms with Gasteiger partial charge in [0, 0.05) is 35.6 Å². The first-order valence-corrected chi connectivity index (χ1v) is 10.9. The van der Waals surface area contributed by atoms with Gasteiger partial charge in [-0.3, -0.25) is 0 Å². The lowest BCUT2D eigenvalue weighted by atomic mass is 10.0. The Morgan fingerprint density at radius 2 is 1.81 bits per heavy atom. The van der Waals surface area contributed by atoms with Crippen LogP contribution in [0.5, 0.6) is 17.2 Å². The van der Waals surface area contributed by atoms with Crippen LogP contribution < -0.4 is 14.2 Å². The van der Waals surface area contributed by atoms with E-state index >= 15 is 0 Å². The summed E-state index contributed by atoms with van der Waals surface area (Å²) in [6.45, 7) is 0.00281. The van der Waals surface area contributed by atoms with Crippen LogP contribution in [0.1, 0.15) is 11.1 Å². The van der Waals surface area contributed by atoms with Gasteiger partial charge in [0.2, 0.25) is 0 Å². The van der Waals surface area contributed by atoms with Crippen molar-refractivity contribution < 1.29 is 28.5 Å². The lowest BCUT2D eigenvalue weighted by Gasteiger charge is -2.19. The van der Waals surface area contributed by atoms with Crippen molar-refractivity contribution in [3.63, 3.8) is 0 Å². The molecule has 0 amide bonds. The SMILES string of the molecule is COCOc1c(I)c(COC(=O)C#Cc2ccccc2)cc2c(OC)cc(Cl)c(OC)c12. The van der Waals surface area contributed by atoms with Crippen molar-refractivity contribution in [2.24, 2.45) is 0 Å². The van der Waals surface area contributed by atoms with Gasteiger partial charge in [0.05, 0.1) is 28.2 Å². The van der Waals surface area contributed by atoms with E-state index in [1.54, 1.807) is 13.2 Å². The molecule has 0 unspecified atom stereocenters. The fraction of sp³-hybridized carbons (Fsp3) is 0.208. The second-order valence-electron chi connectivity index (χ2n) is 6.44. The highest BCUT2D eigenvalue weighted by Gasteiger charge is 2.22. The predicted molar refractivity (Wildman–Crippen MR) is 130 cm³/mol. The summed E-state index contributed by atoms with van der Waals surface area (Å²) in [7, 11) is 4.60. The molecule has 3 rings (SSSR count). The smallest absolute Gasteiger partial charge is 0.385 e. The van der Waals surface area contributed by atoms with Gasteiger partial charge in [0.25, 0.3) is 0 Å². The number of ether oxygens (including phenoxy) is 5. The quantitative estimate of drug-likeness (QED) is 0.170. The Hall–Kier alpha value is -2.67. The highest BCUT2D eigenvalue weighted by molar-refractivity contribution is 14.1. The maximum atomic E-state index is 12.2. The molecule has 32 heavy (non-hydrogen) atoms. The Morgan fingerprint density at radius 1 is 1.06 bits per heavy atom. The number of hydrogen-bond acceptors (Lipinski definition) is 6. The molecule has 8 heteroatoms. The maximum absolute atomic E-state index is 12.2. The molecule has 0 radical (unpaired) electrons. The van der Waals surface area contributed by atoms with E-state index in [4.69, 9.17) is 35.3 Å². The van der Waals surface area contributed by atoms with Gasteiger partial charge in [0.15, 0.2) is 6.79 Å². The van der Waals surface area contributed by atoms with Gasteiger partial charge >= 0.3 is 5.97 Å². The zero-order chi connectivity index (χ0) is 23.1. The number of carbonyl (C=O) groups excluding carboxylic acids is 1. The number of hydrogen-bond donors (Lipinski definition) is 0. The van der Waals surface area contributed by atoms with E-state index in [9.17, 15) is 4.79 Å². The minimum atomic E-state index is -0.634. The predicted octanol–water partition coefficient (Wildman–Crippen LogP) is 5.19. The molecule has 0 heterocycles. The van der Waals surface area contributed by atoms with Crippen LogP contribution in [-0.2, 0) is 20.9 Å². The van der Waals surface area contributed by atoms with Crippen molar-refractivity contribution in [3.05, 3.63) is 62.2 Å². The molecule has 166 valence electrons.